The molecule has 1 heterocycles. The number of nitrogens with two attached hydrogens (primary N) is 1. The van der Waals surface area contributed by atoms with Gasteiger partial charge in [0.15, 0.2) is 0 Å². The van der Waals surface area contributed by atoms with Crippen molar-refractivity contribution in [3.63, 3.8) is 0 Å². The number of hydrogen-bond donors (Lipinski definition) is 2. The van der Waals surface area contributed by atoms with Crippen molar-refractivity contribution in [3.8, 4) is 0 Å². The highest BCUT2D eigenvalue weighted by atomic mass is 32.2. The molecular weight excluding hydrogens is 276 g/mol. The fourth-order valence-electron chi connectivity index (χ4n) is 2.18. The third-order valence-corrected chi connectivity index (χ3v) is 4.75. The third kappa shape index (κ3) is 2.57. The van der Waals surface area contributed by atoms with Crippen LogP contribution in [0.4, 0.5) is 5.69 Å². The van der Waals surface area contributed by atoms with Crippen molar-refractivity contribution in [2.45, 2.75) is 32.2 Å². The summed E-state index contributed by atoms with van der Waals surface area (Å²) < 4.78 is 33.1. The normalized spacial score (nSPS) is 11.6. The van der Waals surface area contributed by atoms with Gasteiger partial charge < -0.3 is 10.2 Å². The largest absolute Gasteiger partial charge is 0.465 e. The van der Waals surface area contributed by atoms with Gasteiger partial charge in [-0.25, -0.2) is 8.42 Å². The van der Waals surface area contributed by atoms with Crippen LogP contribution in [0.15, 0.2) is 33.6 Å². The van der Waals surface area contributed by atoms with Crippen molar-refractivity contribution < 1.29 is 12.8 Å². The molecule has 2 aromatic rings. The number of anilines is 1. The van der Waals surface area contributed by atoms with E-state index in [1.54, 1.807) is 26.0 Å². The Hall–Kier alpha value is -1.79. The van der Waals surface area contributed by atoms with E-state index in [4.69, 9.17) is 10.2 Å². The highest BCUT2D eigenvalue weighted by Crippen LogP contribution is 2.28. The Morgan fingerprint density at radius 1 is 1.15 bits per heavy atom. The van der Waals surface area contributed by atoms with Crippen molar-refractivity contribution in [1.82, 2.24) is 0 Å². The molecule has 6 heteroatoms. The van der Waals surface area contributed by atoms with E-state index in [0.29, 0.717) is 22.8 Å². The first kappa shape index (κ1) is 14.6. The molecule has 1 aromatic heterocycles. The molecule has 20 heavy (non-hydrogen) atoms. The van der Waals surface area contributed by atoms with Crippen molar-refractivity contribution in [3.05, 3.63) is 46.9 Å². The predicted molar refractivity (Wildman–Crippen MR) is 78.1 cm³/mol. The van der Waals surface area contributed by atoms with E-state index in [2.05, 4.69) is 4.72 Å². The zero-order valence-corrected chi connectivity index (χ0v) is 12.5. The summed E-state index contributed by atoms with van der Waals surface area (Å²) in [6.07, 6.45) is 0. The average Bonchev–Trinajstić information content (AvgIpc) is 2.67. The van der Waals surface area contributed by atoms with E-state index < -0.39 is 10.0 Å². The molecule has 0 saturated heterocycles. The molecule has 0 aliphatic heterocycles. The molecule has 0 aliphatic rings. The Bertz CT molecular complexity index is 733. The smallest absolute Gasteiger partial charge is 0.265 e. The van der Waals surface area contributed by atoms with Crippen LogP contribution in [0.5, 0.6) is 0 Å². The number of sulfonamides is 1. The van der Waals surface area contributed by atoms with Gasteiger partial charge in [-0.05, 0) is 32.4 Å². The number of benzene rings is 1. The highest BCUT2D eigenvalue weighted by molar-refractivity contribution is 7.92. The summed E-state index contributed by atoms with van der Waals surface area (Å²) in [6, 6.07) is 7.19. The number of rotatable bonds is 4. The third-order valence-electron chi connectivity index (χ3n) is 3.19. The Kier molecular flexibility index (Phi) is 3.87. The molecule has 0 amide bonds. The fourth-order valence-corrected chi connectivity index (χ4v) is 3.77. The summed E-state index contributed by atoms with van der Waals surface area (Å²) in [7, 11) is -3.71. The average molecular weight is 294 g/mol. The minimum atomic E-state index is -3.71. The van der Waals surface area contributed by atoms with E-state index in [1.807, 2.05) is 19.1 Å². The van der Waals surface area contributed by atoms with Gasteiger partial charge in [0.25, 0.3) is 10.0 Å². The van der Waals surface area contributed by atoms with Gasteiger partial charge >= 0.3 is 0 Å². The minimum Gasteiger partial charge on any atom is -0.465 e. The Morgan fingerprint density at radius 2 is 1.80 bits per heavy atom. The summed E-state index contributed by atoms with van der Waals surface area (Å²) in [5, 5.41) is 0. The SMILES string of the molecule is Cc1ccccc1NS(=O)(=O)c1c(C)oc(C)c1CN. The molecule has 0 atom stereocenters. The maximum atomic E-state index is 12.5. The van der Waals surface area contributed by atoms with Gasteiger partial charge in [0.05, 0.1) is 5.69 Å². The second kappa shape index (κ2) is 5.30. The molecule has 0 unspecified atom stereocenters. The second-order valence-electron chi connectivity index (χ2n) is 4.65. The van der Waals surface area contributed by atoms with E-state index in [-0.39, 0.29) is 11.4 Å². The quantitative estimate of drug-likeness (QED) is 0.907. The summed E-state index contributed by atoms with van der Waals surface area (Å²) >= 11 is 0. The van der Waals surface area contributed by atoms with Crippen LogP contribution in [-0.4, -0.2) is 8.42 Å². The van der Waals surface area contributed by atoms with Gasteiger partial charge in [0.2, 0.25) is 0 Å². The van der Waals surface area contributed by atoms with E-state index in [1.165, 1.54) is 0 Å². The molecule has 0 radical (unpaired) electrons. The van der Waals surface area contributed by atoms with Crippen LogP contribution in [0.2, 0.25) is 0 Å². The zero-order valence-electron chi connectivity index (χ0n) is 11.7. The first-order chi connectivity index (χ1) is 9.36. The van der Waals surface area contributed by atoms with E-state index in [0.717, 1.165) is 5.56 Å². The van der Waals surface area contributed by atoms with Gasteiger partial charge in [-0.1, -0.05) is 18.2 Å². The van der Waals surface area contributed by atoms with Crippen LogP contribution in [-0.2, 0) is 16.6 Å². The molecule has 3 N–H and O–H groups in total. The molecule has 0 aliphatic carbocycles. The molecule has 0 bridgehead atoms. The molecule has 0 spiro atoms. The monoisotopic (exact) mass is 294 g/mol. The predicted octanol–water partition coefficient (Wildman–Crippen LogP) is 2.46. The molecule has 2 rings (SSSR count). The summed E-state index contributed by atoms with van der Waals surface area (Å²) in [6.45, 7) is 5.29. The fraction of sp³-hybridized carbons (Fsp3) is 0.286. The van der Waals surface area contributed by atoms with E-state index >= 15 is 0 Å². The first-order valence-corrected chi connectivity index (χ1v) is 7.72. The molecule has 5 nitrogen and oxygen atoms in total. The lowest BCUT2D eigenvalue weighted by Gasteiger charge is -2.11. The number of aryl methyl sites for hydroxylation is 3. The lowest BCUT2D eigenvalue weighted by atomic mass is 10.2. The molecule has 108 valence electrons. The van der Waals surface area contributed by atoms with Crippen LogP contribution in [0.25, 0.3) is 0 Å². The van der Waals surface area contributed by atoms with Gasteiger partial charge in [-0.2, -0.15) is 0 Å². The lowest BCUT2D eigenvalue weighted by Crippen LogP contribution is -2.17. The molecule has 0 saturated carbocycles. The maximum absolute atomic E-state index is 12.5. The summed E-state index contributed by atoms with van der Waals surface area (Å²) in [5.74, 6) is 0.888. The standard InChI is InChI=1S/C14H18N2O3S/c1-9-6-4-5-7-13(9)16-20(17,18)14-11(3)19-10(2)12(14)8-15/h4-7,16H,8,15H2,1-3H3. The second-order valence-corrected chi connectivity index (χ2v) is 6.27. The zero-order chi connectivity index (χ0) is 14.9. The van der Waals surface area contributed by atoms with Gasteiger partial charge in [0, 0.05) is 12.1 Å². The molecule has 0 fully saturated rings. The summed E-state index contributed by atoms with van der Waals surface area (Å²) in [4.78, 5) is 0.140. The number of furan rings is 1. The van der Waals surface area contributed by atoms with Gasteiger partial charge in [-0.15, -0.1) is 0 Å². The Balaban J connectivity index is 2.49. The van der Waals surface area contributed by atoms with Gasteiger partial charge in [-0.3, -0.25) is 4.72 Å². The highest BCUT2D eigenvalue weighted by Gasteiger charge is 2.26. The van der Waals surface area contributed by atoms with Crippen LogP contribution in [0.3, 0.4) is 0 Å². The topological polar surface area (TPSA) is 85.3 Å². The van der Waals surface area contributed by atoms with Crippen molar-refractivity contribution in [2.24, 2.45) is 5.73 Å². The van der Waals surface area contributed by atoms with Crippen LogP contribution < -0.4 is 10.5 Å². The van der Waals surface area contributed by atoms with Crippen LogP contribution >= 0.6 is 0 Å². The molecular formula is C14H18N2O3S. The minimum absolute atomic E-state index is 0.118. The van der Waals surface area contributed by atoms with Gasteiger partial charge in [0.1, 0.15) is 16.4 Å². The Labute approximate surface area is 118 Å². The maximum Gasteiger partial charge on any atom is 0.265 e. The Morgan fingerprint density at radius 3 is 2.40 bits per heavy atom. The number of nitrogens with one attached hydrogen (secondary N) is 1. The van der Waals surface area contributed by atoms with Crippen molar-refractivity contribution in [2.75, 3.05) is 4.72 Å². The number of para-hydroxylation sites is 1. The van der Waals surface area contributed by atoms with Crippen molar-refractivity contribution >= 4 is 15.7 Å². The van der Waals surface area contributed by atoms with E-state index in [9.17, 15) is 8.42 Å². The van der Waals surface area contributed by atoms with Crippen LogP contribution in [0.1, 0.15) is 22.6 Å². The van der Waals surface area contributed by atoms with Crippen molar-refractivity contribution in [1.29, 1.82) is 0 Å². The lowest BCUT2D eigenvalue weighted by molar-refractivity contribution is 0.494. The molecule has 1 aromatic carbocycles. The number of hydrogen-bond acceptors (Lipinski definition) is 4. The van der Waals surface area contributed by atoms with Crippen LogP contribution in [0, 0.1) is 20.8 Å². The first-order valence-electron chi connectivity index (χ1n) is 6.24. The summed E-state index contributed by atoms with van der Waals surface area (Å²) in [5.41, 5.74) is 7.55.